The first-order valence-electron chi connectivity index (χ1n) is 4.15. The highest BCUT2D eigenvalue weighted by Gasteiger charge is 2.28. The molecule has 0 aromatic heterocycles. The Labute approximate surface area is 78.4 Å². The lowest BCUT2D eigenvalue weighted by Gasteiger charge is -2.26. The van der Waals surface area contributed by atoms with Crippen molar-refractivity contribution < 1.29 is 10.1 Å². The van der Waals surface area contributed by atoms with Gasteiger partial charge in [0.2, 0.25) is 0 Å². The molecule has 1 atom stereocenters. The van der Waals surface area contributed by atoms with E-state index >= 15 is 0 Å². The van der Waals surface area contributed by atoms with Crippen molar-refractivity contribution in [3.63, 3.8) is 0 Å². The molecule has 1 aromatic rings. The topological polar surface area (TPSA) is 29.5 Å². The van der Waals surface area contributed by atoms with Crippen molar-refractivity contribution >= 4 is 0 Å². The molecule has 0 aliphatic heterocycles. The Bertz CT molecular complexity index is 292. The second kappa shape index (κ2) is 3.73. The Balaban J connectivity index is 3.11. The van der Waals surface area contributed by atoms with Crippen molar-refractivity contribution in [1.29, 1.82) is 0 Å². The Morgan fingerprint density at radius 1 is 1.38 bits per heavy atom. The summed E-state index contributed by atoms with van der Waals surface area (Å²) in [5, 5.41) is 8.85. The van der Waals surface area contributed by atoms with Crippen LogP contribution in [-0.2, 0) is 10.5 Å². The highest BCUT2D eigenvalue weighted by atomic mass is 17.1. The van der Waals surface area contributed by atoms with E-state index < -0.39 is 5.60 Å². The molecule has 0 bridgehead atoms. The quantitative estimate of drug-likeness (QED) is 0.438. The molecule has 0 fully saturated rings. The minimum Gasteiger partial charge on any atom is -0.251 e. The SMILES string of the molecule is C=C(C)C(C)(OO)c1ccccc1. The van der Waals surface area contributed by atoms with Gasteiger partial charge < -0.3 is 0 Å². The summed E-state index contributed by atoms with van der Waals surface area (Å²) in [5.41, 5.74) is 0.854. The monoisotopic (exact) mass is 178 g/mol. The van der Waals surface area contributed by atoms with Crippen LogP contribution < -0.4 is 0 Å². The lowest BCUT2D eigenvalue weighted by molar-refractivity contribution is -0.311. The van der Waals surface area contributed by atoms with Crippen LogP contribution in [0, 0.1) is 0 Å². The second-order valence-electron chi connectivity index (χ2n) is 3.27. The average molecular weight is 178 g/mol. The molecule has 1 N–H and O–H groups in total. The average Bonchev–Trinajstić information content (AvgIpc) is 2.17. The van der Waals surface area contributed by atoms with Crippen LogP contribution in [0.15, 0.2) is 42.5 Å². The molecule has 1 rings (SSSR count). The Morgan fingerprint density at radius 3 is 2.31 bits per heavy atom. The van der Waals surface area contributed by atoms with Gasteiger partial charge in [0.25, 0.3) is 0 Å². The summed E-state index contributed by atoms with van der Waals surface area (Å²) in [6.45, 7) is 7.39. The molecule has 0 amide bonds. The highest BCUT2D eigenvalue weighted by Crippen LogP contribution is 2.30. The number of rotatable bonds is 3. The van der Waals surface area contributed by atoms with E-state index in [0.29, 0.717) is 0 Å². The molecule has 0 heterocycles. The van der Waals surface area contributed by atoms with Crippen LogP contribution in [0.1, 0.15) is 19.4 Å². The van der Waals surface area contributed by atoms with Gasteiger partial charge >= 0.3 is 0 Å². The Hall–Kier alpha value is -1.12. The fourth-order valence-electron chi connectivity index (χ4n) is 1.13. The second-order valence-corrected chi connectivity index (χ2v) is 3.27. The predicted molar refractivity (Wildman–Crippen MR) is 52.3 cm³/mol. The van der Waals surface area contributed by atoms with E-state index in [4.69, 9.17) is 5.26 Å². The fourth-order valence-corrected chi connectivity index (χ4v) is 1.13. The zero-order chi connectivity index (χ0) is 9.90. The summed E-state index contributed by atoms with van der Waals surface area (Å²) in [6.07, 6.45) is 0. The van der Waals surface area contributed by atoms with Crippen molar-refractivity contribution in [2.75, 3.05) is 0 Å². The molecular formula is C11H14O2. The molecule has 2 heteroatoms. The summed E-state index contributed by atoms with van der Waals surface area (Å²) in [7, 11) is 0. The zero-order valence-electron chi connectivity index (χ0n) is 7.95. The molecule has 0 aliphatic rings. The van der Waals surface area contributed by atoms with Crippen LogP contribution in [0.2, 0.25) is 0 Å². The molecule has 0 saturated carbocycles. The van der Waals surface area contributed by atoms with Gasteiger partial charge in [0.1, 0.15) is 5.60 Å². The van der Waals surface area contributed by atoms with Crippen molar-refractivity contribution in [3.05, 3.63) is 48.0 Å². The van der Waals surface area contributed by atoms with Gasteiger partial charge in [-0.2, -0.15) is 0 Å². The summed E-state index contributed by atoms with van der Waals surface area (Å²) >= 11 is 0. The first kappa shape index (κ1) is 9.96. The molecule has 1 unspecified atom stereocenters. The van der Waals surface area contributed by atoms with Crippen LogP contribution in [0.3, 0.4) is 0 Å². The molecule has 0 radical (unpaired) electrons. The molecule has 1 aromatic carbocycles. The van der Waals surface area contributed by atoms with E-state index in [2.05, 4.69) is 11.5 Å². The molecule has 0 saturated heterocycles. The molecule has 0 spiro atoms. The molecule has 0 aliphatic carbocycles. The third-order valence-electron chi connectivity index (χ3n) is 2.32. The van der Waals surface area contributed by atoms with Crippen molar-refractivity contribution in [1.82, 2.24) is 0 Å². The minimum absolute atomic E-state index is 0.765. The summed E-state index contributed by atoms with van der Waals surface area (Å²) in [5.74, 6) is 0. The van der Waals surface area contributed by atoms with Crippen molar-refractivity contribution in [2.45, 2.75) is 19.4 Å². The fraction of sp³-hybridized carbons (Fsp3) is 0.273. The third kappa shape index (κ3) is 1.79. The van der Waals surface area contributed by atoms with Gasteiger partial charge in [-0.05, 0) is 25.0 Å². The molecule has 70 valence electrons. The van der Waals surface area contributed by atoms with Crippen LogP contribution in [0.5, 0.6) is 0 Å². The minimum atomic E-state index is -0.804. The molecule has 13 heavy (non-hydrogen) atoms. The maximum atomic E-state index is 8.85. The van der Waals surface area contributed by atoms with E-state index in [1.807, 2.05) is 37.3 Å². The van der Waals surface area contributed by atoms with Crippen molar-refractivity contribution in [3.8, 4) is 0 Å². The maximum Gasteiger partial charge on any atom is 0.146 e. The van der Waals surface area contributed by atoms with Crippen LogP contribution >= 0.6 is 0 Å². The van der Waals surface area contributed by atoms with E-state index in [-0.39, 0.29) is 0 Å². The molecule has 2 nitrogen and oxygen atoms in total. The number of hydrogen-bond acceptors (Lipinski definition) is 2. The largest absolute Gasteiger partial charge is 0.251 e. The summed E-state index contributed by atoms with van der Waals surface area (Å²) in [4.78, 5) is 4.49. The lowest BCUT2D eigenvalue weighted by Crippen LogP contribution is -2.25. The predicted octanol–water partition coefficient (Wildman–Crippen LogP) is 2.97. The lowest BCUT2D eigenvalue weighted by atomic mass is 9.90. The third-order valence-corrected chi connectivity index (χ3v) is 2.32. The van der Waals surface area contributed by atoms with Gasteiger partial charge in [-0.1, -0.05) is 36.9 Å². The van der Waals surface area contributed by atoms with Crippen LogP contribution in [0.4, 0.5) is 0 Å². The van der Waals surface area contributed by atoms with Gasteiger partial charge in [-0.3, -0.25) is 5.26 Å². The maximum absolute atomic E-state index is 8.85. The number of hydrogen-bond donors (Lipinski definition) is 1. The van der Waals surface area contributed by atoms with E-state index in [1.54, 1.807) is 6.92 Å². The van der Waals surface area contributed by atoms with Crippen molar-refractivity contribution in [2.24, 2.45) is 0 Å². The van der Waals surface area contributed by atoms with Gasteiger partial charge in [0, 0.05) is 0 Å². The van der Waals surface area contributed by atoms with Gasteiger partial charge in [0.15, 0.2) is 0 Å². The first-order valence-corrected chi connectivity index (χ1v) is 4.15. The zero-order valence-corrected chi connectivity index (χ0v) is 7.95. The van der Waals surface area contributed by atoms with Crippen LogP contribution in [0.25, 0.3) is 0 Å². The van der Waals surface area contributed by atoms with E-state index in [9.17, 15) is 0 Å². The standard InChI is InChI=1S/C11H14O2/c1-9(2)11(3,13-12)10-7-5-4-6-8-10/h4-8,12H,1H2,2-3H3. The Kier molecular flexibility index (Phi) is 2.86. The first-order chi connectivity index (χ1) is 6.11. The highest BCUT2D eigenvalue weighted by molar-refractivity contribution is 5.29. The van der Waals surface area contributed by atoms with Gasteiger partial charge in [-0.25, -0.2) is 4.89 Å². The molecular weight excluding hydrogens is 164 g/mol. The smallest absolute Gasteiger partial charge is 0.146 e. The van der Waals surface area contributed by atoms with Gasteiger partial charge in [0.05, 0.1) is 0 Å². The summed E-state index contributed by atoms with van der Waals surface area (Å²) in [6, 6.07) is 9.50. The normalized spacial score (nSPS) is 15.0. The number of benzene rings is 1. The van der Waals surface area contributed by atoms with E-state index in [0.717, 1.165) is 11.1 Å². The van der Waals surface area contributed by atoms with E-state index in [1.165, 1.54) is 0 Å². The summed E-state index contributed by atoms with van der Waals surface area (Å²) < 4.78 is 0. The van der Waals surface area contributed by atoms with Gasteiger partial charge in [-0.15, -0.1) is 0 Å². The van der Waals surface area contributed by atoms with Crippen LogP contribution in [-0.4, -0.2) is 5.26 Å². The Morgan fingerprint density at radius 2 is 1.92 bits per heavy atom.